The minimum absolute atomic E-state index is 0.0706. The Morgan fingerprint density at radius 2 is 2.47 bits per heavy atom. The highest BCUT2D eigenvalue weighted by atomic mass is 32.2. The van der Waals surface area contributed by atoms with Crippen LogP contribution in [0.1, 0.15) is 19.8 Å². The summed E-state index contributed by atoms with van der Waals surface area (Å²) in [5, 5.41) is 6.34. The minimum atomic E-state index is -0.0706. The molecule has 4 nitrogen and oxygen atoms in total. The van der Waals surface area contributed by atoms with Crippen molar-refractivity contribution >= 4 is 17.8 Å². The van der Waals surface area contributed by atoms with Gasteiger partial charge in [0.2, 0.25) is 0 Å². The van der Waals surface area contributed by atoms with E-state index in [1.807, 2.05) is 11.8 Å². The minimum Gasteiger partial charge on any atom is -0.379 e. The fourth-order valence-corrected chi connectivity index (χ4v) is 1.75. The molecule has 0 aromatic heterocycles. The zero-order valence-electron chi connectivity index (χ0n) is 9.41. The third-order valence-electron chi connectivity index (χ3n) is 2.50. The Hall–Kier alpha value is -0.420. The molecule has 1 fully saturated rings. The van der Waals surface area contributed by atoms with E-state index in [0.29, 0.717) is 11.9 Å². The van der Waals surface area contributed by atoms with Crippen LogP contribution in [-0.2, 0) is 4.74 Å². The fourth-order valence-electron chi connectivity index (χ4n) is 1.39. The molecule has 88 valence electrons. The molecule has 15 heavy (non-hydrogen) atoms. The van der Waals surface area contributed by atoms with E-state index in [-0.39, 0.29) is 12.1 Å². The van der Waals surface area contributed by atoms with Crippen LogP contribution in [0, 0.1) is 0 Å². The summed E-state index contributed by atoms with van der Waals surface area (Å²) in [6.07, 6.45) is 4.02. The van der Waals surface area contributed by atoms with Crippen LogP contribution in [-0.4, -0.2) is 43.3 Å². The van der Waals surface area contributed by atoms with Crippen LogP contribution in [0.25, 0.3) is 0 Å². The van der Waals surface area contributed by atoms with Gasteiger partial charge in [0.05, 0.1) is 12.6 Å². The summed E-state index contributed by atoms with van der Waals surface area (Å²) in [7, 11) is 0. The van der Waals surface area contributed by atoms with Gasteiger partial charge in [0.25, 0.3) is 0 Å². The molecule has 2 unspecified atom stereocenters. The van der Waals surface area contributed by atoms with Gasteiger partial charge in [-0.25, -0.2) is 4.79 Å². The summed E-state index contributed by atoms with van der Waals surface area (Å²) < 4.78 is 5.17. The summed E-state index contributed by atoms with van der Waals surface area (Å²) in [5.41, 5.74) is 0. The van der Waals surface area contributed by atoms with Crippen LogP contribution in [0.2, 0.25) is 0 Å². The van der Waals surface area contributed by atoms with Crippen molar-refractivity contribution in [3.05, 3.63) is 0 Å². The number of amides is 2. The third-order valence-corrected chi connectivity index (χ3v) is 3.54. The van der Waals surface area contributed by atoms with Crippen LogP contribution in [0.5, 0.6) is 0 Å². The van der Waals surface area contributed by atoms with Gasteiger partial charge in [0.15, 0.2) is 0 Å². The molecule has 0 aromatic carbocycles. The van der Waals surface area contributed by atoms with E-state index in [1.165, 1.54) is 0 Å². The molecule has 0 spiro atoms. The number of rotatable bonds is 5. The number of carbonyl (C=O) groups is 1. The van der Waals surface area contributed by atoms with E-state index in [4.69, 9.17) is 4.74 Å². The SMILES string of the molecule is CSC(C)CCNC(=O)NC1CCOC1. The second-order valence-electron chi connectivity index (χ2n) is 3.80. The molecular weight excluding hydrogens is 212 g/mol. The van der Waals surface area contributed by atoms with E-state index < -0.39 is 0 Å². The summed E-state index contributed by atoms with van der Waals surface area (Å²) in [5.74, 6) is 0. The van der Waals surface area contributed by atoms with E-state index >= 15 is 0 Å². The van der Waals surface area contributed by atoms with Crippen LogP contribution >= 0.6 is 11.8 Å². The summed E-state index contributed by atoms with van der Waals surface area (Å²) >= 11 is 1.82. The van der Waals surface area contributed by atoms with Gasteiger partial charge in [-0.2, -0.15) is 11.8 Å². The molecule has 1 saturated heterocycles. The second kappa shape index (κ2) is 6.95. The first kappa shape index (κ1) is 12.6. The maximum atomic E-state index is 11.4. The Labute approximate surface area is 95.5 Å². The van der Waals surface area contributed by atoms with Crippen molar-refractivity contribution in [2.45, 2.75) is 31.1 Å². The molecular formula is C10H20N2O2S. The zero-order chi connectivity index (χ0) is 11.1. The van der Waals surface area contributed by atoms with Gasteiger partial charge in [-0.05, 0) is 19.1 Å². The molecule has 0 aliphatic carbocycles. The summed E-state index contributed by atoms with van der Waals surface area (Å²) in [4.78, 5) is 11.4. The molecule has 2 N–H and O–H groups in total. The van der Waals surface area contributed by atoms with Crippen LogP contribution in [0.4, 0.5) is 4.79 Å². The van der Waals surface area contributed by atoms with Crippen molar-refractivity contribution in [3.63, 3.8) is 0 Å². The van der Waals surface area contributed by atoms with Gasteiger partial charge < -0.3 is 15.4 Å². The van der Waals surface area contributed by atoms with Gasteiger partial charge in [0.1, 0.15) is 0 Å². The predicted octanol–water partition coefficient (Wildman–Crippen LogP) is 1.22. The Morgan fingerprint density at radius 3 is 3.07 bits per heavy atom. The molecule has 5 heteroatoms. The lowest BCUT2D eigenvalue weighted by molar-refractivity contribution is 0.188. The normalized spacial score (nSPS) is 22.4. The van der Waals surface area contributed by atoms with Gasteiger partial charge >= 0.3 is 6.03 Å². The van der Waals surface area contributed by atoms with Gasteiger partial charge in [-0.3, -0.25) is 0 Å². The van der Waals surface area contributed by atoms with E-state index in [9.17, 15) is 4.79 Å². The number of thioether (sulfide) groups is 1. The predicted molar refractivity (Wildman–Crippen MR) is 63.4 cm³/mol. The smallest absolute Gasteiger partial charge is 0.315 e. The van der Waals surface area contributed by atoms with Crippen molar-refractivity contribution in [1.29, 1.82) is 0 Å². The fraction of sp³-hybridized carbons (Fsp3) is 0.900. The molecule has 0 aromatic rings. The molecule has 1 heterocycles. The summed E-state index contributed by atoms with van der Waals surface area (Å²) in [6.45, 7) is 4.31. The zero-order valence-corrected chi connectivity index (χ0v) is 10.2. The highest BCUT2D eigenvalue weighted by molar-refractivity contribution is 7.99. The standard InChI is InChI=1S/C10H20N2O2S/c1-8(15-2)3-5-11-10(13)12-9-4-6-14-7-9/h8-9H,3-7H2,1-2H3,(H2,11,12,13). The van der Waals surface area contributed by atoms with Gasteiger partial charge in [0, 0.05) is 18.4 Å². The Bertz CT molecular complexity index is 196. The lowest BCUT2D eigenvalue weighted by Crippen LogP contribution is -2.42. The highest BCUT2D eigenvalue weighted by Gasteiger charge is 2.17. The third kappa shape index (κ3) is 5.28. The molecule has 2 atom stereocenters. The van der Waals surface area contributed by atoms with Crippen molar-refractivity contribution in [2.24, 2.45) is 0 Å². The number of urea groups is 1. The second-order valence-corrected chi connectivity index (χ2v) is 5.07. The lowest BCUT2D eigenvalue weighted by atomic mass is 10.3. The average Bonchev–Trinajstić information content (AvgIpc) is 2.70. The summed E-state index contributed by atoms with van der Waals surface area (Å²) in [6, 6.07) is 0.127. The number of nitrogens with one attached hydrogen (secondary N) is 2. The molecule has 1 rings (SSSR count). The van der Waals surface area contributed by atoms with Crippen LogP contribution in [0.15, 0.2) is 0 Å². The first-order chi connectivity index (χ1) is 7.22. The molecule has 0 bridgehead atoms. The molecule has 1 aliphatic rings. The van der Waals surface area contributed by atoms with Crippen molar-refractivity contribution in [3.8, 4) is 0 Å². The molecule has 2 amide bonds. The number of hydrogen-bond acceptors (Lipinski definition) is 3. The highest BCUT2D eigenvalue weighted by Crippen LogP contribution is 2.08. The van der Waals surface area contributed by atoms with E-state index in [0.717, 1.165) is 26.0 Å². The van der Waals surface area contributed by atoms with Crippen molar-refractivity contribution < 1.29 is 9.53 Å². The maximum Gasteiger partial charge on any atom is 0.315 e. The first-order valence-electron chi connectivity index (χ1n) is 5.37. The molecule has 0 saturated carbocycles. The monoisotopic (exact) mass is 232 g/mol. The molecule has 0 radical (unpaired) electrons. The van der Waals surface area contributed by atoms with E-state index in [2.05, 4.69) is 23.8 Å². The van der Waals surface area contributed by atoms with Crippen LogP contribution < -0.4 is 10.6 Å². The molecule has 1 aliphatic heterocycles. The Morgan fingerprint density at radius 1 is 1.67 bits per heavy atom. The van der Waals surface area contributed by atoms with E-state index in [1.54, 1.807) is 0 Å². The van der Waals surface area contributed by atoms with Crippen molar-refractivity contribution in [1.82, 2.24) is 10.6 Å². The Balaban J connectivity index is 2.02. The maximum absolute atomic E-state index is 11.4. The largest absolute Gasteiger partial charge is 0.379 e. The van der Waals surface area contributed by atoms with Crippen molar-refractivity contribution in [2.75, 3.05) is 26.0 Å². The number of ether oxygens (including phenoxy) is 1. The number of carbonyl (C=O) groups excluding carboxylic acids is 1. The van der Waals surface area contributed by atoms with Crippen LogP contribution in [0.3, 0.4) is 0 Å². The first-order valence-corrected chi connectivity index (χ1v) is 6.66. The topological polar surface area (TPSA) is 50.4 Å². The quantitative estimate of drug-likeness (QED) is 0.749. The van der Waals surface area contributed by atoms with Gasteiger partial charge in [-0.15, -0.1) is 0 Å². The van der Waals surface area contributed by atoms with Gasteiger partial charge in [-0.1, -0.05) is 6.92 Å². The lowest BCUT2D eigenvalue weighted by Gasteiger charge is -2.13. The average molecular weight is 232 g/mol. The Kier molecular flexibility index (Phi) is 5.86. The number of hydrogen-bond donors (Lipinski definition) is 2.